The van der Waals surface area contributed by atoms with Crippen LogP contribution in [0.25, 0.3) is 0 Å². The average molecular weight is 393 g/mol. The molecule has 156 valence electrons. The Morgan fingerprint density at radius 1 is 1.00 bits per heavy atom. The quantitative estimate of drug-likeness (QED) is 0.792. The Bertz CT molecular complexity index is 786. The highest BCUT2D eigenvalue weighted by Gasteiger charge is 2.64. The Morgan fingerprint density at radius 3 is 2.62 bits per heavy atom. The van der Waals surface area contributed by atoms with Gasteiger partial charge in [-0.25, -0.2) is 0 Å². The summed E-state index contributed by atoms with van der Waals surface area (Å²) in [6, 6.07) is 12.2. The van der Waals surface area contributed by atoms with Gasteiger partial charge in [0.25, 0.3) is 0 Å². The summed E-state index contributed by atoms with van der Waals surface area (Å²) in [5.41, 5.74) is 1.90. The molecular formula is C26H36N2O. The zero-order chi connectivity index (χ0) is 19.7. The number of amides is 1. The molecule has 0 aromatic heterocycles. The van der Waals surface area contributed by atoms with Crippen LogP contribution in [-0.4, -0.2) is 24.5 Å². The molecule has 2 N–H and O–H groups in total. The molecule has 7 aliphatic rings. The van der Waals surface area contributed by atoms with Crippen LogP contribution in [0.3, 0.4) is 0 Å². The van der Waals surface area contributed by atoms with Crippen LogP contribution in [0.1, 0.15) is 76.7 Å². The van der Waals surface area contributed by atoms with Gasteiger partial charge in [0.2, 0.25) is 5.91 Å². The minimum Gasteiger partial charge on any atom is -0.353 e. The summed E-state index contributed by atoms with van der Waals surface area (Å²) in [4.78, 5) is 13.9. The third-order valence-electron chi connectivity index (χ3n) is 9.36. The van der Waals surface area contributed by atoms with Crippen molar-refractivity contribution in [3.8, 4) is 0 Å². The van der Waals surface area contributed by atoms with Crippen LogP contribution in [0.4, 0.5) is 0 Å². The first-order valence-corrected chi connectivity index (χ1v) is 12.1. The fraction of sp³-hybridized carbons (Fsp3) is 0.731. The SMILES string of the molecule is CC12CC3CC(C(=O)N[C@H]4CC5CC[C@@H](CN5)C4)(C1)CC(c1ccccc1)(C3)C2. The molecule has 5 unspecified atom stereocenters. The number of carbonyl (C=O) groups is 1. The lowest BCUT2D eigenvalue weighted by Gasteiger charge is -2.65. The number of hydrogen-bond acceptors (Lipinski definition) is 2. The normalized spacial score (nSPS) is 47.8. The van der Waals surface area contributed by atoms with Crippen LogP contribution in [0.15, 0.2) is 30.3 Å². The molecule has 2 aliphatic heterocycles. The Morgan fingerprint density at radius 2 is 1.86 bits per heavy atom. The van der Waals surface area contributed by atoms with Crippen molar-refractivity contribution in [2.75, 3.05) is 6.54 Å². The highest BCUT2D eigenvalue weighted by atomic mass is 16.2. The van der Waals surface area contributed by atoms with Gasteiger partial charge >= 0.3 is 0 Å². The first-order chi connectivity index (χ1) is 14.0. The van der Waals surface area contributed by atoms with Gasteiger partial charge in [0, 0.05) is 12.1 Å². The predicted molar refractivity (Wildman–Crippen MR) is 116 cm³/mol. The van der Waals surface area contributed by atoms with Crippen LogP contribution in [0, 0.1) is 22.7 Å². The summed E-state index contributed by atoms with van der Waals surface area (Å²) in [7, 11) is 0. The van der Waals surface area contributed by atoms with E-state index >= 15 is 0 Å². The molecule has 2 heterocycles. The molecule has 5 aliphatic carbocycles. The molecule has 0 radical (unpaired) electrons. The lowest BCUT2D eigenvalue weighted by molar-refractivity contribution is -0.160. The van der Waals surface area contributed by atoms with Crippen LogP contribution in [0.2, 0.25) is 0 Å². The number of hydrogen-bond donors (Lipinski definition) is 2. The molecule has 0 spiro atoms. The van der Waals surface area contributed by atoms with E-state index in [0.29, 0.717) is 29.3 Å². The second-order valence-electron chi connectivity index (χ2n) is 11.9. The first kappa shape index (κ1) is 18.4. The molecule has 1 aromatic carbocycles. The second kappa shape index (κ2) is 6.33. The highest BCUT2D eigenvalue weighted by Crippen LogP contribution is 2.70. The third-order valence-corrected chi connectivity index (χ3v) is 9.36. The van der Waals surface area contributed by atoms with E-state index in [0.717, 1.165) is 38.1 Å². The maximum atomic E-state index is 13.9. The molecule has 5 saturated carbocycles. The van der Waals surface area contributed by atoms with Gasteiger partial charge in [-0.15, -0.1) is 0 Å². The zero-order valence-corrected chi connectivity index (χ0v) is 17.9. The summed E-state index contributed by atoms with van der Waals surface area (Å²) in [5.74, 6) is 1.87. The van der Waals surface area contributed by atoms with Gasteiger partial charge in [-0.2, -0.15) is 0 Å². The van der Waals surface area contributed by atoms with Gasteiger partial charge in [0.1, 0.15) is 0 Å². The summed E-state index contributed by atoms with van der Waals surface area (Å²) >= 11 is 0. The Labute approximate surface area is 175 Å². The van der Waals surface area contributed by atoms with Crippen molar-refractivity contribution in [2.24, 2.45) is 22.7 Å². The molecular weight excluding hydrogens is 356 g/mol. The molecule has 1 amide bonds. The van der Waals surface area contributed by atoms with E-state index in [1.54, 1.807) is 0 Å². The van der Waals surface area contributed by atoms with E-state index in [1.807, 2.05) is 0 Å². The van der Waals surface area contributed by atoms with Gasteiger partial charge in [-0.05, 0) is 99.0 Å². The van der Waals surface area contributed by atoms with Crippen molar-refractivity contribution in [2.45, 2.75) is 88.6 Å². The summed E-state index contributed by atoms with van der Waals surface area (Å²) in [5, 5.41) is 7.33. The van der Waals surface area contributed by atoms with Gasteiger partial charge in [-0.1, -0.05) is 37.3 Å². The predicted octanol–water partition coefficient (Wildman–Crippen LogP) is 4.56. The van der Waals surface area contributed by atoms with Crippen LogP contribution < -0.4 is 10.6 Å². The first-order valence-electron chi connectivity index (χ1n) is 12.1. The number of piperidine rings is 1. The molecule has 3 heteroatoms. The zero-order valence-electron chi connectivity index (χ0n) is 17.9. The van der Waals surface area contributed by atoms with Crippen LogP contribution in [-0.2, 0) is 10.2 Å². The summed E-state index contributed by atoms with van der Waals surface area (Å²) in [6.07, 6.45) is 12.1. The Balaban J connectivity index is 1.29. The molecule has 8 rings (SSSR count). The largest absolute Gasteiger partial charge is 0.353 e. The van der Waals surface area contributed by atoms with Gasteiger partial charge in [-0.3, -0.25) is 4.79 Å². The van der Waals surface area contributed by atoms with Crippen molar-refractivity contribution < 1.29 is 4.79 Å². The highest BCUT2D eigenvalue weighted by molar-refractivity contribution is 5.84. The fourth-order valence-electron chi connectivity index (χ4n) is 8.96. The standard InChI is InChI=1S/C26H36N2O/c1-24-11-19-12-25(15-24,20-5-3-2-4-6-20)17-26(13-19,16-24)23(29)28-22-9-18-7-8-21(10-22)27-14-18/h2-6,18-19,21-22,27H,7-17H2,1H3,(H,28,29)/t18-,19?,21?,22-,24?,25?,26?/m1/s1. The topological polar surface area (TPSA) is 41.1 Å². The molecule has 2 saturated heterocycles. The Hall–Kier alpha value is -1.35. The fourth-order valence-corrected chi connectivity index (χ4v) is 8.96. The second-order valence-corrected chi connectivity index (χ2v) is 11.9. The van der Waals surface area contributed by atoms with Crippen molar-refractivity contribution in [1.29, 1.82) is 0 Å². The molecule has 1 aromatic rings. The lowest BCUT2D eigenvalue weighted by atomic mass is 9.38. The summed E-state index contributed by atoms with van der Waals surface area (Å²) in [6.45, 7) is 3.63. The third kappa shape index (κ3) is 2.99. The van der Waals surface area contributed by atoms with E-state index in [-0.39, 0.29) is 10.8 Å². The van der Waals surface area contributed by atoms with E-state index < -0.39 is 0 Å². The molecule has 29 heavy (non-hydrogen) atoms. The number of benzene rings is 1. The molecule has 7 atom stereocenters. The van der Waals surface area contributed by atoms with Crippen molar-refractivity contribution in [1.82, 2.24) is 10.6 Å². The number of fused-ring (bicyclic) bond motifs is 4. The van der Waals surface area contributed by atoms with Gasteiger partial charge in [0.05, 0.1) is 5.41 Å². The van der Waals surface area contributed by atoms with E-state index in [2.05, 4.69) is 47.9 Å². The van der Waals surface area contributed by atoms with E-state index in [1.165, 1.54) is 44.1 Å². The number of rotatable bonds is 3. The average Bonchev–Trinajstić information content (AvgIpc) is 2.99. The maximum absolute atomic E-state index is 13.9. The Kier molecular flexibility index (Phi) is 4.02. The minimum absolute atomic E-state index is 0.136. The smallest absolute Gasteiger partial charge is 0.226 e. The monoisotopic (exact) mass is 392 g/mol. The summed E-state index contributed by atoms with van der Waals surface area (Å²) < 4.78 is 0. The van der Waals surface area contributed by atoms with Crippen LogP contribution >= 0.6 is 0 Å². The maximum Gasteiger partial charge on any atom is 0.226 e. The van der Waals surface area contributed by atoms with Gasteiger partial charge < -0.3 is 10.6 Å². The molecule has 6 bridgehead atoms. The lowest BCUT2D eigenvalue weighted by Crippen LogP contribution is -2.62. The molecule has 3 nitrogen and oxygen atoms in total. The minimum atomic E-state index is -0.136. The van der Waals surface area contributed by atoms with Crippen LogP contribution in [0.5, 0.6) is 0 Å². The van der Waals surface area contributed by atoms with E-state index in [4.69, 9.17) is 0 Å². The van der Waals surface area contributed by atoms with Gasteiger partial charge in [0.15, 0.2) is 0 Å². The van der Waals surface area contributed by atoms with Crippen molar-refractivity contribution in [3.63, 3.8) is 0 Å². The van der Waals surface area contributed by atoms with E-state index in [9.17, 15) is 4.79 Å². The van der Waals surface area contributed by atoms with Crippen molar-refractivity contribution >= 4 is 5.91 Å². The molecule has 7 fully saturated rings. The van der Waals surface area contributed by atoms with Crippen molar-refractivity contribution in [3.05, 3.63) is 35.9 Å². The number of carbonyl (C=O) groups excluding carboxylic acids is 1. The number of nitrogens with one attached hydrogen (secondary N) is 2.